The van der Waals surface area contributed by atoms with Crippen LogP contribution in [0, 0.1) is 11.7 Å². The molecule has 0 aliphatic carbocycles. The average molecular weight is 278 g/mol. The van der Waals surface area contributed by atoms with Gasteiger partial charge in [-0.05, 0) is 44.6 Å². The van der Waals surface area contributed by atoms with Crippen molar-refractivity contribution in [2.45, 2.75) is 26.3 Å². The molecule has 0 fully saturated rings. The molecule has 0 bridgehead atoms. The first-order valence-corrected chi connectivity index (χ1v) is 6.96. The number of fused-ring (bicyclic) bond motifs is 1. The van der Waals surface area contributed by atoms with Crippen LogP contribution in [-0.2, 0) is 0 Å². The third-order valence-electron chi connectivity index (χ3n) is 3.36. The number of hydrogen-bond acceptors (Lipinski definition) is 3. The molecular weight excluding hydrogens is 255 g/mol. The van der Waals surface area contributed by atoms with E-state index in [9.17, 15) is 4.39 Å². The predicted molar refractivity (Wildman–Crippen MR) is 81.1 cm³/mol. The lowest BCUT2D eigenvalue weighted by Crippen LogP contribution is -2.26. The number of nitrogens with zero attached hydrogens (tertiary/aromatic N) is 3. The Labute approximate surface area is 119 Å². The van der Waals surface area contributed by atoms with Gasteiger partial charge in [0.1, 0.15) is 5.82 Å². The van der Waals surface area contributed by atoms with Crippen molar-refractivity contribution < 1.29 is 4.39 Å². The predicted octanol–water partition coefficient (Wildman–Crippen LogP) is 2.91. The molecule has 0 saturated heterocycles. The zero-order valence-corrected chi connectivity index (χ0v) is 12.6. The van der Waals surface area contributed by atoms with Crippen LogP contribution in [-0.4, -0.2) is 35.1 Å². The maximum Gasteiger partial charge on any atom is 0.201 e. The summed E-state index contributed by atoms with van der Waals surface area (Å²) in [5.41, 5.74) is 7.59. The maximum atomic E-state index is 13.5. The van der Waals surface area contributed by atoms with Crippen LogP contribution in [0.25, 0.3) is 11.0 Å². The van der Waals surface area contributed by atoms with Gasteiger partial charge in [-0.1, -0.05) is 13.8 Å². The molecular formula is C15H23FN4. The Morgan fingerprint density at radius 1 is 1.35 bits per heavy atom. The fourth-order valence-electron chi connectivity index (χ4n) is 2.70. The number of imidazole rings is 1. The van der Waals surface area contributed by atoms with Crippen molar-refractivity contribution in [1.82, 2.24) is 14.5 Å². The highest BCUT2D eigenvalue weighted by molar-refractivity contribution is 5.78. The van der Waals surface area contributed by atoms with E-state index in [-0.39, 0.29) is 11.9 Å². The van der Waals surface area contributed by atoms with E-state index in [0.29, 0.717) is 11.9 Å². The molecule has 1 aromatic heterocycles. The molecule has 2 aromatic rings. The summed E-state index contributed by atoms with van der Waals surface area (Å²) in [6.45, 7) is 5.21. The van der Waals surface area contributed by atoms with Gasteiger partial charge < -0.3 is 15.2 Å². The number of nitrogens with two attached hydrogens (primary N) is 1. The van der Waals surface area contributed by atoms with E-state index < -0.39 is 0 Å². The van der Waals surface area contributed by atoms with E-state index in [2.05, 4.69) is 23.7 Å². The smallest absolute Gasteiger partial charge is 0.201 e. The van der Waals surface area contributed by atoms with E-state index >= 15 is 0 Å². The summed E-state index contributed by atoms with van der Waals surface area (Å²) in [5, 5.41) is 0. The zero-order chi connectivity index (χ0) is 14.9. The Kier molecular flexibility index (Phi) is 4.28. The van der Waals surface area contributed by atoms with Gasteiger partial charge in [-0.2, -0.15) is 0 Å². The van der Waals surface area contributed by atoms with Crippen LogP contribution >= 0.6 is 0 Å². The van der Waals surface area contributed by atoms with E-state index in [0.717, 1.165) is 24.0 Å². The van der Waals surface area contributed by atoms with Gasteiger partial charge in [0.05, 0.1) is 17.1 Å². The lowest BCUT2D eigenvalue weighted by Gasteiger charge is -2.25. The fourth-order valence-corrected chi connectivity index (χ4v) is 2.70. The van der Waals surface area contributed by atoms with Crippen LogP contribution in [0.2, 0.25) is 0 Å². The van der Waals surface area contributed by atoms with Gasteiger partial charge in [-0.15, -0.1) is 0 Å². The minimum absolute atomic E-state index is 0.191. The van der Waals surface area contributed by atoms with Crippen molar-refractivity contribution in [2.24, 2.45) is 5.92 Å². The van der Waals surface area contributed by atoms with Crippen LogP contribution in [0.3, 0.4) is 0 Å². The zero-order valence-electron chi connectivity index (χ0n) is 12.6. The Morgan fingerprint density at radius 2 is 2.05 bits per heavy atom. The molecule has 20 heavy (non-hydrogen) atoms. The van der Waals surface area contributed by atoms with Gasteiger partial charge in [0, 0.05) is 6.54 Å². The van der Waals surface area contributed by atoms with Crippen molar-refractivity contribution in [3.8, 4) is 0 Å². The first kappa shape index (κ1) is 14.8. The van der Waals surface area contributed by atoms with E-state index in [1.165, 1.54) is 12.1 Å². The van der Waals surface area contributed by atoms with Gasteiger partial charge >= 0.3 is 0 Å². The SMILES string of the molecule is CC(C)CC(CN(C)C)n1c(N)nc2ccc(F)cc21. The summed E-state index contributed by atoms with van der Waals surface area (Å²) in [5.74, 6) is 0.732. The Hall–Kier alpha value is -1.62. The maximum absolute atomic E-state index is 13.5. The molecule has 1 atom stereocenters. The second kappa shape index (κ2) is 5.79. The number of anilines is 1. The summed E-state index contributed by atoms with van der Waals surface area (Å²) < 4.78 is 15.5. The molecule has 110 valence electrons. The fraction of sp³-hybridized carbons (Fsp3) is 0.533. The van der Waals surface area contributed by atoms with Crippen LogP contribution in [0.15, 0.2) is 18.2 Å². The minimum Gasteiger partial charge on any atom is -0.369 e. The molecule has 1 aromatic carbocycles. The topological polar surface area (TPSA) is 47.1 Å². The van der Waals surface area contributed by atoms with Crippen LogP contribution in [0.4, 0.5) is 10.3 Å². The molecule has 0 aliphatic heterocycles. The molecule has 0 radical (unpaired) electrons. The Balaban J connectivity index is 2.50. The van der Waals surface area contributed by atoms with Crippen LogP contribution in [0.1, 0.15) is 26.3 Å². The quantitative estimate of drug-likeness (QED) is 0.914. The largest absolute Gasteiger partial charge is 0.369 e. The highest BCUT2D eigenvalue weighted by Crippen LogP contribution is 2.28. The lowest BCUT2D eigenvalue weighted by molar-refractivity contribution is 0.294. The van der Waals surface area contributed by atoms with Crippen molar-refractivity contribution in [2.75, 3.05) is 26.4 Å². The molecule has 1 heterocycles. The third-order valence-corrected chi connectivity index (χ3v) is 3.36. The standard InChI is InChI=1S/C15H23FN4/c1-10(2)7-12(9-19(3)4)20-14-8-11(16)5-6-13(14)18-15(20)17/h5-6,8,10,12H,7,9H2,1-4H3,(H2,17,18). The van der Waals surface area contributed by atoms with E-state index in [1.807, 2.05) is 18.7 Å². The third kappa shape index (κ3) is 3.10. The van der Waals surface area contributed by atoms with Crippen LogP contribution < -0.4 is 5.73 Å². The molecule has 0 aliphatic rings. The number of nitrogen functional groups attached to an aromatic ring is 1. The molecule has 5 heteroatoms. The molecule has 1 unspecified atom stereocenters. The second-order valence-electron chi connectivity index (χ2n) is 6.02. The summed E-state index contributed by atoms with van der Waals surface area (Å²) in [6, 6.07) is 4.81. The Morgan fingerprint density at radius 3 is 2.65 bits per heavy atom. The lowest BCUT2D eigenvalue weighted by atomic mass is 10.0. The molecule has 0 amide bonds. The summed E-state index contributed by atoms with van der Waals surface area (Å²) >= 11 is 0. The highest BCUT2D eigenvalue weighted by Gasteiger charge is 2.20. The number of likely N-dealkylation sites (N-methyl/N-ethyl adjacent to an activating group) is 1. The first-order valence-electron chi connectivity index (χ1n) is 6.96. The molecule has 2 N–H and O–H groups in total. The number of hydrogen-bond donors (Lipinski definition) is 1. The number of benzene rings is 1. The highest BCUT2D eigenvalue weighted by atomic mass is 19.1. The number of halogens is 1. The summed E-state index contributed by atoms with van der Waals surface area (Å²) in [4.78, 5) is 6.47. The summed E-state index contributed by atoms with van der Waals surface area (Å²) in [6.07, 6.45) is 0.977. The van der Waals surface area contributed by atoms with Crippen molar-refractivity contribution >= 4 is 17.0 Å². The molecule has 0 saturated carbocycles. The second-order valence-corrected chi connectivity index (χ2v) is 6.02. The van der Waals surface area contributed by atoms with Crippen molar-refractivity contribution in [3.63, 3.8) is 0 Å². The van der Waals surface area contributed by atoms with Crippen LogP contribution in [0.5, 0.6) is 0 Å². The van der Waals surface area contributed by atoms with Gasteiger partial charge in [0.25, 0.3) is 0 Å². The number of aromatic nitrogens is 2. The van der Waals surface area contributed by atoms with E-state index in [4.69, 9.17) is 5.73 Å². The first-order chi connectivity index (χ1) is 9.38. The van der Waals surface area contributed by atoms with Gasteiger partial charge in [0.15, 0.2) is 0 Å². The van der Waals surface area contributed by atoms with Crippen molar-refractivity contribution in [1.29, 1.82) is 0 Å². The average Bonchev–Trinajstić information content (AvgIpc) is 2.62. The molecule has 2 rings (SSSR count). The monoisotopic (exact) mass is 278 g/mol. The number of rotatable bonds is 5. The summed E-state index contributed by atoms with van der Waals surface area (Å²) in [7, 11) is 4.06. The normalized spacial score (nSPS) is 13.6. The van der Waals surface area contributed by atoms with Crippen molar-refractivity contribution in [3.05, 3.63) is 24.0 Å². The van der Waals surface area contributed by atoms with Gasteiger partial charge in [0.2, 0.25) is 5.95 Å². The molecule has 0 spiro atoms. The van der Waals surface area contributed by atoms with Gasteiger partial charge in [-0.3, -0.25) is 0 Å². The Bertz CT molecular complexity index is 579. The molecule has 4 nitrogen and oxygen atoms in total. The van der Waals surface area contributed by atoms with E-state index in [1.54, 1.807) is 6.07 Å². The minimum atomic E-state index is -0.258. The van der Waals surface area contributed by atoms with Gasteiger partial charge in [-0.25, -0.2) is 9.37 Å².